The fourth-order valence-electron chi connectivity index (χ4n) is 2.55. The lowest BCUT2D eigenvalue weighted by Gasteiger charge is -2.29. The van der Waals surface area contributed by atoms with Crippen molar-refractivity contribution in [1.82, 2.24) is 10.2 Å². The van der Waals surface area contributed by atoms with Crippen molar-refractivity contribution in [3.8, 4) is 11.5 Å². The summed E-state index contributed by atoms with van der Waals surface area (Å²) in [4.78, 5) is 2.48. The summed E-state index contributed by atoms with van der Waals surface area (Å²) in [6, 6.07) is 4.24. The number of hydrogen-bond acceptors (Lipinski definition) is 4. The smallest absolute Gasteiger partial charge is 0.161 e. The molecule has 1 aromatic carbocycles. The number of nitrogens with zero attached hydrogens (tertiary/aromatic N) is 1. The van der Waals surface area contributed by atoms with Crippen LogP contribution >= 0.6 is 0 Å². The van der Waals surface area contributed by atoms with Crippen molar-refractivity contribution in [3.05, 3.63) is 23.3 Å². The Morgan fingerprint density at radius 3 is 2.47 bits per heavy atom. The van der Waals surface area contributed by atoms with Crippen LogP contribution < -0.4 is 14.8 Å². The summed E-state index contributed by atoms with van der Waals surface area (Å²) < 4.78 is 10.7. The van der Waals surface area contributed by atoms with Crippen LogP contribution in [0.4, 0.5) is 0 Å². The maximum atomic E-state index is 5.38. The summed E-state index contributed by atoms with van der Waals surface area (Å²) >= 11 is 0. The number of methoxy groups -OCH3 is 2. The van der Waals surface area contributed by atoms with Gasteiger partial charge >= 0.3 is 0 Å². The molecule has 0 amide bonds. The molecule has 0 saturated heterocycles. The summed E-state index contributed by atoms with van der Waals surface area (Å²) in [6.45, 7) is 7.45. The number of likely N-dealkylation sites (N-methyl/N-ethyl adjacent to an activating group) is 1. The third kappa shape index (κ3) is 3.39. The van der Waals surface area contributed by atoms with E-state index in [9.17, 15) is 0 Å². The number of nitrogens with one attached hydrogen (secondary N) is 1. The highest BCUT2D eigenvalue weighted by Crippen LogP contribution is 2.33. The normalized spacial score (nSPS) is 15.1. The lowest BCUT2D eigenvalue weighted by molar-refractivity contribution is 0.253. The summed E-state index contributed by atoms with van der Waals surface area (Å²) in [6.07, 6.45) is 1.09. The van der Waals surface area contributed by atoms with Gasteiger partial charge in [-0.25, -0.2) is 0 Å². The van der Waals surface area contributed by atoms with Gasteiger partial charge in [0.2, 0.25) is 0 Å². The maximum Gasteiger partial charge on any atom is 0.161 e. The van der Waals surface area contributed by atoms with Crippen molar-refractivity contribution in [1.29, 1.82) is 0 Å². The molecule has 0 spiro atoms. The van der Waals surface area contributed by atoms with Gasteiger partial charge in [0.15, 0.2) is 11.5 Å². The fourth-order valence-corrected chi connectivity index (χ4v) is 2.55. The topological polar surface area (TPSA) is 33.7 Å². The van der Waals surface area contributed by atoms with E-state index in [1.807, 2.05) is 0 Å². The third-order valence-electron chi connectivity index (χ3n) is 3.65. The van der Waals surface area contributed by atoms with Gasteiger partial charge < -0.3 is 14.8 Å². The van der Waals surface area contributed by atoms with Crippen LogP contribution in [0.5, 0.6) is 11.5 Å². The summed E-state index contributed by atoms with van der Waals surface area (Å²) in [5.74, 6) is 1.66. The highest BCUT2D eigenvalue weighted by Gasteiger charge is 2.18. The Bertz CT molecular complexity index is 421. The monoisotopic (exact) mass is 264 g/mol. The minimum absolute atomic E-state index is 0.829. The van der Waals surface area contributed by atoms with Crippen molar-refractivity contribution >= 4 is 0 Å². The summed E-state index contributed by atoms with van der Waals surface area (Å²) in [5.41, 5.74) is 2.75. The average molecular weight is 264 g/mol. The predicted molar refractivity (Wildman–Crippen MR) is 77.1 cm³/mol. The average Bonchev–Trinajstić information content (AvgIpc) is 2.46. The molecule has 4 heteroatoms. The van der Waals surface area contributed by atoms with Gasteiger partial charge in [-0.3, -0.25) is 4.90 Å². The van der Waals surface area contributed by atoms with Crippen molar-refractivity contribution in [2.45, 2.75) is 19.9 Å². The Morgan fingerprint density at radius 1 is 1.16 bits per heavy atom. The first-order valence-electron chi connectivity index (χ1n) is 6.95. The van der Waals surface area contributed by atoms with Gasteiger partial charge in [0, 0.05) is 26.2 Å². The molecule has 1 aromatic rings. The molecule has 0 atom stereocenters. The van der Waals surface area contributed by atoms with Gasteiger partial charge in [0.25, 0.3) is 0 Å². The highest BCUT2D eigenvalue weighted by molar-refractivity contribution is 5.48. The Labute approximate surface area is 115 Å². The Hall–Kier alpha value is -1.26. The van der Waals surface area contributed by atoms with Crippen molar-refractivity contribution < 1.29 is 9.47 Å². The zero-order valence-electron chi connectivity index (χ0n) is 12.2. The van der Waals surface area contributed by atoms with Crippen LogP contribution in [0.1, 0.15) is 18.1 Å². The van der Waals surface area contributed by atoms with E-state index in [2.05, 4.69) is 29.3 Å². The molecule has 1 aliphatic rings. The molecule has 1 N–H and O–H groups in total. The number of rotatable bonds is 6. The highest BCUT2D eigenvalue weighted by atomic mass is 16.5. The molecule has 0 aromatic heterocycles. The van der Waals surface area contributed by atoms with Gasteiger partial charge in [-0.2, -0.15) is 0 Å². The summed E-state index contributed by atoms with van der Waals surface area (Å²) in [5, 5.41) is 3.37. The lowest BCUT2D eigenvalue weighted by Crippen LogP contribution is -2.36. The Morgan fingerprint density at radius 2 is 1.84 bits per heavy atom. The SMILES string of the molecule is CCNCCN1CCc2cc(OC)c(OC)cc2C1. The molecule has 1 aliphatic heterocycles. The molecule has 0 saturated carbocycles. The van der Waals surface area contributed by atoms with Crippen molar-refractivity contribution in [2.75, 3.05) is 40.4 Å². The van der Waals surface area contributed by atoms with E-state index < -0.39 is 0 Å². The van der Waals surface area contributed by atoms with Crippen LogP contribution in [0, 0.1) is 0 Å². The quantitative estimate of drug-likeness (QED) is 0.793. The van der Waals surface area contributed by atoms with E-state index in [0.29, 0.717) is 0 Å². The molecule has 19 heavy (non-hydrogen) atoms. The second kappa shape index (κ2) is 6.78. The summed E-state index contributed by atoms with van der Waals surface area (Å²) in [7, 11) is 3.38. The number of hydrogen-bond donors (Lipinski definition) is 1. The van der Waals surface area contributed by atoms with E-state index in [4.69, 9.17) is 9.47 Å². The first-order valence-corrected chi connectivity index (χ1v) is 6.95. The second-order valence-electron chi connectivity index (χ2n) is 4.86. The number of ether oxygens (including phenoxy) is 2. The maximum absolute atomic E-state index is 5.38. The van der Waals surface area contributed by atoms with Gasteiger partial charge in [0.1, 0.15) is 0 Å². The van der Waals surface area contributed by atoms with E-state index >= 15 is 0 Å². The van der Waals surface area contributed by atoms with Gasteiger partial charge in [0.05, 0.1) is 14.2 Å². The Kier molecular flexibility index (Phi) is 5.05. The van der Waals surface area contributed by atoms with Crippen LogP contribution in [0.15, 0.2) is 12.1 Å². The third-order valence-corrected chi connectivity index (χ3v) is 3.65. The van der Waals surface area contributed by atoms with Crippen LogP contribution in [0.2, 0.25) is 0 Å². The molecule has 0 fully saturated rings. The van der Waals surface area contributed by atoms with Gasteiger partial charge in [-0.15, -0.1) is 0 Å². The molecule has 1 heterocycles. The molecular weight excluding hydrogens is 240 g/mol. The standard InChI is InChI=1S/C15H24N2O2/c1-4-16-6-8-17-7-5-12-9-14(18-2)15(19-3)10-13(12)11-17/h9-10,16H,4-8,11H2,1-3H3. The molecule has 0 bridgehead atoms. The zero-order chi connectivity index (χ0) is 13.7. The van der Waals surface area contributed by atoms with Crippen molar-refractivity contribution in [3.63, 3.8) is 0 Å². The Balaban J connectivity index is 2.07. The predicted octanol–water partition coefficient (Wildman–Crippen LogP) is 1.67. The minimum atomic E-state index is 0.829. The van der Waals surface area contributed by atoms with Crippen LogP contribution in [-0.4, -0.2) is 45.3 Å². The molecular formula is C15H24N2O2. The minimum Gasteiger partial charge on any atom is -0.493 e. The van der Waals surface area contributed by atoms with E-state index in [1.165, 1.54) is 11.1 Å². The van der Waals surface area contributed by atoms with Crippen LogP contribution in [0.25, 0.3) is 0 Å². The second-order valence-corrected chi connectivity index (χ2v) is 4.86. The molecule has 4 nitrogen and oxygen atoms in total. The van der Waals surface area contributed by atoms with Crippen molar-refractivity contribution in [2.24, 2.45) is 0 Å². The van der Waals surface area contributed by atoms with Crippen LogP contribution in [-0.2, 0) is 13.0 Å². The molecule has 0 radical (unpaired) electrons. The molecule has 0 aliphatic carbocycles. The number of fused-ring (bicyclic) bond motifs is 1. The first-order chi connectivity index (χ1) is 9.28. The molecule has 2 rings (SSSR count). The molecule has 0 unspecified atom stereocenters. The first kappa shape index (κ1) is 14.2. The van der Waals surface area contributed by atoms with Crippen LogP contribution in [0.3, 0.4) is 0 Å². The lowest BCUT2D eigenvalue weighted by atomic mass is 9.99. The number of benzene rings is 1. The van der Waals surface area contributed by atoms with Gasteiger partial charge in [-0.05, 0) is 36.2 Å². The zero-order valence-corrected chi connectivity index (χ0v) is 12.2. The fraction of sp³-hybridized carbons (Fsp3) is 0.600. The largest absolute Gasteiger partial charge is 0.493 e. The van der Waals surface area contributed by atoms with Gasteiger partial charge in [-0.1, -0.05) is 6.92 Å². The van der Waals surface area contributed by atoms with E-state index in [0.717, 1.165) is 50.6 Å². The van der Waals surface area contributed by atoms with E-state index in [1.54, 1.807) is 14.2 Å². The van der Waals surface area contributed by atoms with E-state index in [-0.39, 0.29) is 0 Å². The molecule has 106 valence electrons.